The standard InChI is InChI=1S/C22H35NO7/c1-8-9-10-29-19-16(13-24)15(11-14(2)18(19)28-7)12-17(20(25)26)23(6)21(27)30-22(3,4)5/h11,17,24H,8-10,12-13H2,1-7H3,(H,25,26)/t17-/m1/s1. The quantitative estimate of drug-likeness (QED) is 0.552. The van der Waals surface area contributed by atoms with Gasteiger partial charge in [0.05, 0.1) is 20.3 Å². The van der Waals surface area contributed by atoms with Crippen LogP contribution in [0.1, 0.15) is 57.2 Å². The van der Waals surface area contributed by atoms with E-state index in [0.717, 1.165) is 23.3 Å². The van der Waals surface area contributed by atoms with E-state index in [1.165, 1.54) is 14.2 Å². The number of amides is 1. The van der Waals surface area contributed by atoms with E-state index in [9.17, 15) is 19.8 Å². The van der Waals surface area contributed by atoms with Crippen LogP contribution in [0.25, 0.3) is 0 Å². The van der Waals surface area contributed by atoms with Gasteiger partial charge in [0.25, 0.3) is 0 Å². The molecular weight excluding hydrogens is 390 g/mol. The number of carboxylic acid groups (broad SMARTS) is 1. The van der Waals surface area contributed by atoms with Crippen molar-refractivity contribution < 1.29 is 34.0 Å². The SMILES string of the molecule is CCCCOc1c(CO)c(C[C@H](C(=O)O)N(C)C(=O)OC(C)(C)C)cc(C)c1OC. The molecule has 0 aliphatic heterocycles. The summed E-state index contributed by atoms with van der Waals surface area (Å²) in [6, 6.07) is 0.581. The summed E-state index contributed by atoms with van der Waals surface area (Å²) >= 11 is 0. The molecule has 0 fully saturated rings. The van der Waals surface area contributed by atoms with Gasteiger partial charge in [0, 0.05) is 19.0 Å². The molecular formula is C22H35NO7. The van der Waals surface area contributed by atoms with Crippen LogP contribution in [0.4, 0.5) is 4.79 Å². The number of aliphatic carboxylic acids is 1. The summed E-state index contributed by atoms with van der Waals surface area (Å²) in [7, 11) is 2.91. The minimum Gasteiger partial charge on any atom is -0.493 e. The average molecular weight is 426 g/mol. The van der Waals surface area contributed by atoms with Gasteiger partial charge in [-0.3, -0.25) is 4.90 Å². The zero-order chi connectivity index (χ0) is 23.1. The molecule has 8 heteroatoms. The molecule has 1 atom stereocenters. The molecule has 30 heavy (non-hydrogen) atoms. The lowest BCUT2D eigenvalue weighted by molar-refractivity contribution is -0.142. The van der Waals surface area contributed by atoms with Gasteiger partial charge in [-0.15, -0.1) is 0 Å². The second kappa shape index (κ2) is 11.1. The van der Waals surface area contributed by atoms with Gasteiger partial charge in [-0.05, 0) is 45.2 Å². The van der Waals surface area contributed by atoms with Crippen LogP contribution in [0, 0.1) is 6.92 Å². The van der Waals surface area contributed by atoms with Gasteiger partial charge in [-0.25, -0.2) is 9.59 Å². The molecule has 1 rings (SSSR count). The Morgan fingerprint density at radius 2 is 1.87 bits per heavy atom. The number of methoxy groups -OCH3 is 1. The van der Waals surface area contributed by atoms with Gasteiger partial charge in [-0.1, -0.05) is 19.4 Å². The molecule has 0 spiro atoms. The van der Waals surface area contributed by atoms with E-state index in [-0.39, 0.29) is 13.0 Å². The third kappa shape index (κ3) is 6.79. The van der Waals surface area contributed by atoms with Crippen LogP contribution in [0.3, 0.4) is 0 Å². The molecule has 0 aliphatic rings. The van der Waals surface area contributed by atoms with Crippen LogP contribution < -0.4 is 9.47 Å². The van der Waals surface area contributed by atoms with Gasteiger partial charge in [-0.2, -0.15) is 0 Å². The highest BCUT2D eigenvalue weighted by molar-refractivity contribution is 5.80. The fourth-order valence-corrected chi connectivity index (χ4v) is 3.02. The Morgan fingerprint density at radius 3 is 2.33 bits per heavy atom. The largest absolute Gasteiger partial charge is 0.493 e. The summed E-state index contributed by atoms with van der Waals surface area (Å²) in [5, 5.41) is 19.8. The summed E-state index contributed by atoms with van der Waals surface area (Å²) in [6.45, 7) is 9.10. The van der Waals surface area contributed by atoms with E-state index < -0.39 is 23.7 Å². The lowest BCUT2D eigenvalue weighted by atomic mass is 9.96. The Labute approximate surface area is 178 Å². The maximum Gasteiger partial charge on any atom is 0.410 e. The summed E-state index contributed by atoms with van der Waals surface area (Å²) in [5.41, 5.74) is 1.03. The zero-order valence-corrected chi connectivity index (χ0v) is 19.1. The number of unbranched alkanes of at least 4 members (excludes halogenated alkanes) is 1. The number of hydrogen-bond donors (Lipinski definition) is 2. The molecule has 8 nitrogen and oxygen atoms in total. The molecule has 0 saturated heterocycles. The Morgan fingerprint density at radius 1 is 1.23 bits per heavy atom. The van der Waals surface area contributed by atoms with Crippen LogP contribution in [-0.2, 0) is 22.6 Å². The fourth-order valence-electron chi connectivity index (χ4n) is 3.02. The average Bonchev–Trinajstić information content (AvgIpc) is 2.64. The molecule has 170 valence electrons. The summed E-state index contributed by atoms with van der Waals surface area (Å²) < 4.78 is 16.7. The number of carbonyl (C=O) groups excluding carboxylic acids is 1. The van der Waals surface area contributed by atoms with Gasteiger partial charge >= 0.3 is 12.1 Å². The number of carbonyl (C=O) groups is 2. The third-order valence-corrected chi connectivity index (χ3v) is 4.57. The van der Waals surface area contributed by atoms with Crippen molar-refractivity contribution in [1.82, 2.24) is 4.90 Å². The molecule has 0 bridgehead atoms. The first kappa shape index (κ1) is 25.6. The molecule has 0 unspecified atom stereocenters. The van der Waals surface area contributed by atoms with Crippen LogP contribution in [0.2, 0.25) is 0 Å². The van der Waals surface area contributed by atoms with Crippen molar-refractivity contribution in [2.24, 2.45) is 0 Å². The predicted molar refractivity (Wildman–Crippen MR) is 113 cm³/mol. The molecule has 1 aromatic rings. The number of carboxylic acids is 1. The van der Waals surface area contributed by atoms with Gasteiger partial charge < -0.3 is 24.4 Å². The first-order valence-electron chi connectivity index (χ1n) is 10.1. The molecule has 0 aliphatic carbocycles. The highest BCUT2D eigenvalue weighted by Gasteiger charge is 2.32. The summed E-state index contributed by atoms with van der Waals surface area (Å²) in [4.78, 5) is 25.4. The lowest BCUT2D eigenvalue weighted by Gasteiger charge is -2.29. The molecule has 1 aromatic carbocycles. The smallest absolute Gasteiger partial charge is 0.410 e. The minimum atomic E-state index is -1.18. The number of ether oxygens (including phenoxy) is 3. The van der Waals surface area contributed by atoms with Crippen molar-refractivity contribution in [3.63, 3.8) is 0 Å². The number of aliphatic hydroxyl groups excluding tert-OH is 1. The van der Waals surface area contributed by atoms with Crippen LogP contribution >= 0.6 is 0 Å². The second-order valence-corrected chi connectivity index (χ2v) is 8.20. The topological polar surface area (TPSA) is 106 Å². The van der Waals surface area contributed by atoms with E-state index >= 15 is 0 Å². The summed E-state index contributed by atoms with van der Waals surface area (Å²) in [6.07, 6.45) is 1.02. The first-order chi connectivity index (χ1) is 14.0. The van der Waals surface area contributed by atoms with E-state index in [1.807, 2.05) is 13.8 Å². The second-order valence-electron chi connectivity index (χ2n) is 8.20. The number of likely N-dealkylation sites (N-methyl/N-ethyl adjacent to an activating group) is 1. The van der Waals surface area contributed by atoms with Crippen LogP contribution in [0.15, 0.2) is 6.07 Å². The number of hydrogen-bond acceptors (Lipinski definition) is 6. The lowest BCUT2D eigenvalue weighted by Crippen LogP contribution is -2.46. The van der Waals surface area contributed by atoms with Crippen molar-refractivity contribution in [3.05, 3.63) is 22.8 Å². The number of aliphatic hydroxyl groups is 1. The van der Waals surface area contributed by atoms with Crippen molar-refractivity contribution in [1.29, 1.82) is 0 Å². The van der Waals surface area contributed by atoms with Crippen molar-refractivity contribution >= 4 is 12.1 Å². The van der Waals surface area contributed by atoms with Crippen molar-refractivity contribution in [2.75, 3.05) is 20.8 Å². The Kier molecular flexibility index (Phi) is 9.42. The van der Waals surface area contributed by atoms with E-state index in [2.05, 4.69) is 0 Å². The van der Waals surface area contributed by atoms with Crippen molar-refractivity contribution in [3.8, 4) is 11.5 Å². The molecule has 0 saturated carbocycles. The molecule has 0 aromatic heterocycles. The van der Waals surface area contributed by atoms with Gasteiger partial charge in [0.1, 0.15) is 11.6 Å². The summed E-state index contributed by atoms with van der Waals surface area (Å²) in [5.74, 6) is -0.257. The Balaban J connectivity index is 3.33. The van der Waals surface area contributed by atoms with Crippen molar-refractivity contribution in [2.45, 2.75) is 72.1 Å². The molecule has 0 heterocycles. The van der Waals surface area contributed by atoms with E-state index in [1.54, 1.807) is 26.8 Å². The number of rotatable bonds is 10. The number of aryl methyl sites for hydroxylation is 1. The maximum atomic E-state index is 12.4. The maximum absolute atomic E-state index is 12.4. The number of nitrogens with zero attached hydrogens (tertiary/aromatic N) is 1. The van der Waals surface area contributed by atoms with Crippen LogP contribution in [0.5, 0.6) is 11.5 Å². The molecule has 1 amide bonds. The third-order valence-electron chi connectivity index (χ3n) is 4.57. The Hall–Kier alpha value is -2.48. The van der Waals surface area contributed by atoms with E-state index in [0.29, 0.717) is 29.2 Å². The van der Waals surface area contributed by atoms with Gasteiger partial charge in [0.15, 0.2) is 11.5 Å². The Bertz CT molecular complexity index is 740. The fraction of sp³-hybridized carbons (Fsp3) is 0.636. The monoisotopic (exact) mass is 425 g/mol. The highest BCUT2D eigenvalue weighted by Crippen LogP contribution is 2.38. The van der Waals surface area contributed by atoms with Crippen LogP contribution in [-0.4, -0.2) is 59.6 Å². The predicted octanol–water partition coefficient (Wildman–Crippen LogP) is 3.54. The number of benzene rings is 1. The zero-order valence-electron chi connectivity index (χ0n) is 19.1. The molecule has 2 N–H and O–H groups in total. The normalized spacial score (nSPS) is 12.3. The van der Waals surface area contributed by atoms with E-state index in [4.69, 9.17) is 14.2 Å². The highest BCUT2D eigenvalue weighted by atomic mass is 16.6. The van der Waals surface area contributed by atoms with Gasteiger partial charge in [0.2, 0.25) is 0 Å². The molecule has 0 radical (unpaired) electrons. The minimum absolute atomic E-state index is 0.0179. The first-order valence-corrected chi connectivity index (χ1v) is 10.1.